The third kappa shape index (κ3) is 2.85. The third-order valence-electron chi connectivity index (χ3n) is 2.88. The zero-order valence-electron chi connectivity index (χ0n) is 11.1. The Labute approximate surface area is 124 Å². The molecule has 3 aromatic rings. The maximum absolute atomic E-state index is 10.9. The van der Waals surface area contributed by atoms with Crippen LogP contribution in [0.25, 0.3) is 11.1 Å². The van der Waals surface area contributed by atoms with Gasteiger partial charge < -0.3 is 14.3 Å². The molecule has 0 aliphatic carbocycles. The Balaban J connectivity index is 1.88. The van der Waals surface area contributed by atoms with Gasteiger partial charge in [0.05, 0.1) is 5.56 Å². The van der Waals surface area contributed by atoms with Crippen LogP contribution < -0.4 is 4.74 Å². The van der Waals surface area contributed by atoms with Crippen LogP contribution in [-0.2, 0) is 0 Å². The Kier molecular flexibility index (Phi) is 3.53. The van der Waals surface area contributed by atoms with Crippen molar-refractivity contribution in [2.75, 3.05) is 6.26 Å². The van der Waals surface area contributed by atoms with Crippen LogP contribution in [0, 0.1) is 0 Å². The highest BCUT2D eigenvalue weighted by Gasteiger charge is 2.11. The highest BCUT2D eigenvalue weighted by atomic mass is 32.2. The first-order valence-corrected chi connectivity index (χ1v) is 7.34. The fraction of sp³-hybridized carbons (Fsp3) is 0.0667. The van der Waals surface area contributed by atoms with Gasteiger partial charge in [0.15, 0.2) is 5.58 Å². The van der Waals surface area contributed by atoms with E-state index in [1.165, 1.54) is 12.1 Å². The molecule has 21 heavy (non-hydrogen) atoms. The number of ether oxygens (including phenoxy) is 1. The largest absolute Gasteiger partial charge is 0.478 e. The third-order valence-corrected chi connectivity index (χ3v) is 3.62. The molecular formula is C15H11NO4S. The molecule has 0 aliphatic heterocycles. The number of benzene rings is 2. The maximum Gasteiger partial charge on any atom is 0.400 e. The van der Waals surface area contributed by atoms with E-state index in [0.29, 0.717) is 16.8 Å². The Hall–Kier alpha value is -2.47. The molecule has 0 saturated carbocycles. The molecule has 0 fully saturated rings. The number of thioether (sulfide) groups is 1. The first-order chi connectivity index (χ1) is 10.2. The number of hydrogen-bond acceptors (Lipinski definition) is 5. The van der Waals surface area contributed by atoms with E-state index in [-0.39, 0.29) is 11.6 Å². The van der Waals surface area contributed by atoms with Gasteiger partial charge in [-0.05, 0) is 48.7 Å². The average molecular weight is 301 g/mol. The van der Waals surface area contributed by atoms with E-state index in [4.69, 9.17) is 14.3 Å². The minimum atomic E-state index is -1.01. The van der Waals surface area contributed by atoms with Crippen LogP contribution >= 0.6 is 11.8 Å². The summed E-state index contributed by atoms with van der Waals surface area (Å²) in [7, 11) is 0. The van der Waals surface area contributed by atoms with Crippen molar-refractivity contribution < 1.29 is 19.1 Å². The standard InChI is InChI=1S/C15H11NO4S/c1-21-11-5-3-10(4-6-11)19-15-16-12-7-2-9(14(17)18)8-13(12)20-15/h2-8H,1H3,(H,17,18). The summed E-state index contributed by atoms with van der Waals surface area (Å²) in [5.41, 5.74) is 1.08. The first-order valence-electron chi connectivity index (χ1n) is 6.11. The Morgan fingerprint density at radius 2 is 2.00 bits per heavy atom. The molecule has 106 valence electrons. The molecule has 2 aromatic carbocycles. The van der Waals surface area contributed by atoms with Crippen LogP contribution in [0.1, 0.15) is 10.4 Å². The highest BCUT2D eigenvalue weighted by Crippen LogP contribution is 2.27. The van der Waals surface area contributed by atoms with Gasteiger partial charge in [-0.25, -0.2) is 4.79 Å². The topological polar surface area (TPSA) is 72.6 Å². The molecule has 0 spiro atoms. The van der Waals surface area contributed by atoms with Gasteiger partial charge in [-0.3, -0.25) is 0 Å². The summed E-state index contributed by atoms with van der Waals surface area (Å²) < 4.78 is 10.9. The number of rotatable bonds is 4. The molecule has 0 amide bonds. The second kappa shape index (κ2) is 5.49. The second-order valence-corrected chi connectivity index (χ2v) is 5.12. The van der Waals surface area contributed by atoms with Crippen LogP contribution in [0.4, 0.5) is 0 Å². The van der Waals surface area contributed by atoms with Crippen molar-refractivity contribution in [3.05, 3.63) is 48.0 Å². The highest BCUT2D eigenvalue weighted by molar-refractivity contribution is 7.98. The number of carboxylic acid groups (broad SMARTS) is 1. The minimum absolute atomic E-state index is 0.0874. The van der Waals surface area contributed by atoms with E-state index in [2.05, 4.69) is 4.98 Å². The van der Waals surface area contributed by atoms with Gasteiger partial charge in [0.1, 0.15) is 11.3 Å². The molecule has 0 aliphatic rings. The van der Waals surface area contributed by atoms with E-state index in [9.17, 15) is 4.79 Å². The van der Waals surface area contributed by atoms with Crippen LogP contribution in [0.5, 0.6) is 11.8 Å². The molecule has 6 heteroatoms. The van der Waals surface area contributed by atoms with Crippen molar-refractivity contribution in [2.45, 2.75) is 4.90 Å². The number of carbonyl (C=O) groups is 1. The number of hydrogen-bond donors (Lipinski definition) is 1. The summed E-state index contributed by atoms with van der Waals surface area (Å²) in [6.07, 6.45) is 2.08. The van der Waals surface area contributed by atoms with Crippen LogP contribution in [0.3, 0.4) is 0 Å². The second-order valence-electron chi connectivity index (χ2n) is 4.25. The first kappa shape index (κ1) is 13.5. The van der Waals surface area contributed by atoms with Crippen LogP contribution in [-0.4, -0.2) is 22.3 Å². The summed E-state index contributed by atoms with van der Waals surface area (Å²) in [5, 5.41) is 8.94. The number of fused-ring (bicyclic) bond motifs is 1. The SMILES string of the molecule is CSc1ccc(Oc2nc3ccc(C(=O)O)cc3o2)cc1. The fourth-order valence-electron chi connectivity index (χ4n) is 1.82. The van der Waals surface area contributed by atoms with Crippen molar-refractivity contribution in [3.63, 3.8) is 0 Å². The number of nitrogens with zero attached hydrogens (tertiary/aromatic N) is 1. The van der Waals surface area contributed by atoms with Crippen molar-refractivity contribution >= 4 is 28.8 Å². The normalized spacial score (nSPS) is 10.7. The van der Waals surface area contributed by atoms with Crippen molar-refractivity contribution in [3.8, 4) is 11.8 Å². The number of aromatic nitrogens is 1. The summed E-state index contributed by atoms with van der Waals surface area (Å²) in [5.74, 6) is -0.402. The number of carboxylic acids is 1. The lowest BCUT2D eigenvalue weighted by molar-refractivity contribution is 0.0697. The predicted octanol–water partition coefficient (Wildman–Crippen LogP) is 4.04. The van der Waals surface area contributed by atoms with Crippen molar-refractivity contribution in [1.29, 1.82) is 0 Å². The monoisotopic (exact) mass is 301 g/mol. The number of oxazole rings is 1. The molecule has 0 bridgehead atoms. The lowest BCUT2D eigenvalue weighted by atomic mass is 10.2. The fourth-order valence-corrected chi connectivity index (χ4v) is 2.23. The van der Waals surface area contributed by atoms with Gasteiger partial charge in [0, 0.05) is 4.90 Å². The molecule has 1 N–H and O–H groups in total. The smallest absolute Gasteiger partial charge is 0.400 e. The molecule has 5 nitrogen and oxygen atoms in total. The van der Waals surface area contributed by atoms with E-state index in [0.717, 1.165) is 4.90 Å². The predicted molar refractivity (Wildman–Crippen MR) is 79.3 cm³/mol. The van der Waals surface area contributed by atoms with Gasteiger partial charge in [0.25, 0.3) is 0 Å². The molecule has 1 aromatic heterocycles. The summed E-state index contributed by atoms with van der Waals surface area (Å²) in [4.78, 5) is 16.2. The zero-order chi connectivity index (χ0) is 14.8. The maximum atomic E-state index is 10.9. The molecule has 0 radical (unpaired) electrons. The zero-order valence-corrected chi connectivity index (χ0v) is 11.9. The lowest BCUT2D eigenvalue weighted by Gasteiger charge is -2.01. The number of aromatic carboxylic acids is 1. The van der Waals surface area contributed by atoms with Crippen molar-refractivity contribution in [2.24, 2.45) is 0 Å². The molecule has 0 saturated heterocycles. The van der Waals surface area contributed by atoms with Crippen molar-refractivity contribution in [1.82, 2.24) is 4.98 Å². The van der Waals surface area contributed by atoms with E-state index in [1.54, 1.807) is 17.8 Å². The van der Waals surface area contributed by atoms with E-state index >= 15 is 0 Å². The van der Waals surface area contributed by atoms with Crippen LogP contribution in [0.2, 0.25) is 0 Å². The Morgan fingerprint density at radius 3 is 2.67 bits per heavy atom. The molecule has 0 unspecified atom stereocenters. The minimum Gasteiger partial charge on any atom is -0.478 e. The molecule has 0 atom stereocenters. The Bertz CT molecular complexity index is 795. The summed E-state index contributed by atoms with van der Waals surface area (Å²) >= 11 is 1.64. The van der Waals surface area contributed by atoms with Gasteiger partial charge in [-0.15, -0.1) is 11.8 Å². The Morgan fingerprint density at radius 1 is 1.24 bits per heavy atom. The molecule has 1 heterocycles. The van der Waals surface area contributed by atoms with Gasteiger partial charge in [-0.1, -0.05) is 0 Å². The van der Waals surface area contributed by atoms with E-state index in [1.807, 2.05) is 30.5 Å². The van der Waals surface area contributed by atoms with Crippen LogP contribution in [0.15, 0.2) is 51.8 Å². The van der Waals surface area contributed by atoms with Gasteiger partial charge >= 0.3 is 12.0 Å². The summed E-state index contributed by atoms with van der Waals surface area (Å²) in [6, 6.07) is 12.0. The molecule has 3 rings (SSSR count). The quantitative estimate of drug-likeness (QED) is 0.733. The van der Waals surface area contributed by atoms with Gasteiger partial charge in [-0.2, -0.15) is 4.98 Å². The lowest BCUT2D eigenvalue weighted by Crippen LogP contribution is -1.94. The average Bonchev–Trinajstić information content (AvgIpc) is 2.89. The summed E-state index contributed by atoms with van der Waals surface area (Å²) in [6.45, 7) is 0. The molecular weight excluding hydrogens is 290 g/mol. The van der Waals surface area contributed by atoms with E-state index < -0.39 is 5.97 Å². The van der Waals surface area contributed by atoms with Gasteiger partial charge in [0.2, 0.25) is 0 Å².